The lowest BCUT2D eigenvalue weighted by atomic mass is 9.86. The molecular formula is C45H56N7O6P. The van der Waals surface area contributed by atoms with Crippen molar-refractivity contribution in [1.29, 1.82) is 0 Å². The molecule has 1 aliphatic rings. The molecule has 1 aromatic heterocycles. The summed E-state index contributed by atoms with van der Waals surface area (Å²) in [5.74, 6) is 1.74. The van der Waals surface area contributed by atoms with E-state index in [-0.39, 0.29) is 11.3 Å². The van der Waals surface area contributed by atoms with Gasteiger partial charge in [0.15, 0.2) is 5.75 Å². The summed E-state index contributed by atoms with van der Waals surface area (Å²) in [7, 11) is 2.44. The van der Waals surface area contributed by atoms with E-state index >= 15 is 0 Å². The number of carbonyl (C=O) groups is 2. The zero-order chi connectivity index (χ0) is 42.3. The van der Waals surface area contributed by atoms with Gasteiger partial charge in [0, 0.05) is 75.0 Å². The summed E-state index contributed by atoms with van der Waals surface area (Å²) < 4.78 is 31.4. The van der Waals surface area contributed by atoms with Crippen LogP contribution in [0.15, 0.2) is 97.2 Å². The Morgan fingerprint density at radius 2 is 1.54 bits per heavy atom. The second-order valence-electron chi connectivity index (χ2n) is 16.1. The fourth-order valence-corrected chi connectivity index (χ4v) is 8.11. The molecular weight excluding hydrogens is 766 g/mol. The van der Waals surface area contributed by atoms with Gasteiger partial charge in [-0.1, -0.05) is 63.2 Å². The van der Waals surface area contributed by atoms with Gasteiger partial charge in [0.1, 0.15) is 24.5 Å². The highest BCUT2D eigenvalue weighted by Gasteiger charge is 2.28. The van der Waals surface area contributed by atoms with Crippen LogP contribution in [-0.2, 0) is 14.7 Å². The van der Waals surface area contributed by atoms with E-state index in [0.29, 0.717) is 58.4 Å². The van der Waals surface area contributed by atoms with E-state index in [1.807, 2.05) is 54.6 Å². The summed E-state index contributed by atoms with van der Waals surface area (Å²) in [6.07, 6.45) is 0.816. The number of piperazine rings is 1. The minimum atomic E-state index is -2.76. The molecule has 1 atom stereocenters. The monoisotopic (exact) mass is 821 g/mol. The molecule has 0 radical (unpaired) electrons. The molecule has 6 rings (SSSR count). The first-order valence-corrected chi connectivity index (χ1v) is 22.3. The van der Waals surface area contributed by atoms with Crippen molar-refractivity contribution in [3.05, 3.63) is 108 Å². The second kappa shape index (κ2) is 18.6. The van der Waals surface area contributed by atoms with Gasteiger partial charge in [-0.2, -0.15) is 0 Å². The van der Waals surface area contributed by atoms with Crippen LogP contribution < -0.4 is 30.7 Å². The molecule has 0 saturated carbocycles. The molecule has 0 aliphatic carbocycles. The lowest BCUT2D eigenvalue weighted by Gasteiger charge is -2.36. The van der Waals surface area contributed by atoms with Crippen LogP contribution in [0.3, 0.4) is 0 Å². The van der Waals surface area contributed by atoms with Crippen molar-refractivity contribution < 1.29 is 28.4 Å². The van der Waals surface area contributed by atoms with E-state index in [2.05, 4.69) is 58.6 Å². The SMILES string of the molecule is COc1c(NC(=O)Nc2ccc(Oc3ccnc(NC(OC)N(CCN4CCN(C)CC4)C(=O)c4ccccc4)c3)c3ccccc23)cc(C(C)(C)C)cc1P(C)(C)=O. The number of carbonyl (C=O) groups excluding carboxylic acids is 2. The number of hydrogen-bond acceptors (Lipinski definition) is 10. The van der Waals surface area contributed by atoms with E-state index in [4.69, 9.17) is 14.2 Å². The summed E-state index contributed by atoms with van der Waals surface area (Å²) in [5.41, 5.74) is 2.22. The quantitative estimate of drug-likeness (QED) is 0.0748. The predicted octanol–water partition coefficient (Wildman–Crippen LogP) is 7.96. The van der Waals surface area contributed by atoms with E-state index in [1.54, 1.807) is 67.9 Å². The molecule has 5 aromatic rings. The Balaban J connectivity index is 1.20. The molecule has 0 spiro atoms. The van der Waals surface area contributed by atoms with Gasteiger partial charge in [0.05, 0.1) is 23.8 Å². The topological polar surface area (TPSA) is 138 Å². The number of benzene rings is 4. The first-order chi connectivity index (χ1) is 28.1. The number of methoxy groups -OCH3 is 2. The summed E-state index contributed by atoms with van der Waals surface area (Å²) in [6, 6.07) is 27.2. The zero-order valence-electron chi connectivity index (χ0n) is 35.2. The number of rotatable bonds is 14. The second-order valence-corrected chi connectivity index (χ2v) is 19.3. The average Bonchev–Trinajstić information content (AvgIpc) is 3.21. The molecule has 1 aliphatic heterocycles. The number of pyridine rings is 1. The van der Waals surface area contributed by atoms with Crippen molar-refractivity contribution in [1.82, 2.24) is 19.7 Å². The number of hydrogen-bond donors (Lipinski definition) is 3. The third kappa shape index (κ3) is 10.8. The van der Waals surface area contributed by atoms with Crippen molar-refractivity contribution in [3.8, 4) is 17.2 Å². The molecule has 2 heterocycles. The van der Waals surface area contributed by atoms with Crippen LogP contribution >= 0.6 is 7.14 Å². The standard InChI is InChI=1S/C45H56N7O6P/c1-45(2,3)32-28-37(41(56-5)39(29-32)59(7,8)55)48-43(54)47-36-18-19-38(35-17-13-12-16-34(35)36)58-33-20-21-46-40(30-33)49-44(57-6)52(42(53)31-14-10-9-11-15-31)27-26-51-24-22-50(4)23-25-51/h9-21,28-30,44H,22-27H2,1-8H3,(H,46,49)(H2,47,48,54). The first-order valence-electron chi connectivity index (χ1n) is 19.7. The minimum Gasteiger partial charge on any atom is -0.494 e. The van der Waals surface area contributed by atoms with E-state index in [1.165, 1.54) is 7.11 Å². The van der Waals surface area contributed by atoms with Crippen LogP contribution in [0.4, 0.5) is 22.0 Å². The van der Waals surface area contributed by atoms with Crippen molar-refractivity contribution >= 4 is 52.3 Å². The Hall–Kier alpha value is -5.46. The van der Waals surface area contributed by atoms with Crippen molar-refractivity contribution in [2.24, 2.45) is 0 Å². The molecule has 3 amide bonds. The van der Waals surface area contributed by atoms with Crippen LogP contribution in [-0.4, -0.2) is 112 Å². The first kappa shape index (κ1) is 43.1. The lowest BCUT2D eigenvalue weighted by molar-refractivity contribution is -0.00910. The maximum Gasteiger partial charge on any atom is 0.323 e. The zero-order valence-corrected chi connectivity index (χ0v) is 36.1. The third-order valence-corrected chi connectivity index (χ3v) is 11.9. The number of amides is 3. The Labute approximate surface area is 347 Å². The lowest BCUT2D eigenvalue weighted by Crippen LogP contribution is -2.51. The normalized spacial score (nSPS) is 14.4. The highest BCUT2D eigenvalue weighted by molar-refractivity contribution is 7.70. The van der Waals surface area contributed by atoms with E-state index in [9.17, 15) is 14.2 Å². The molecule has 0 bridgehead atoms. The molecule has 1 saturated heterocycles. The number of nitrogens with one attached hydrogen (secondary N) is 3. The Kier molecular flexibility index (Phi) is 13.6. The Bertz CT molecular complexity index is 2300. The van der Waals surface area contributed by atoms with Crippen LogP contribution in [0.25, 0.3) is 10.8 Å². The van der Waals surface area contributed by atoms with Gasteiger partial charge in [-0.05, 0) is 73.8 Å². The smallest absolute Gasteiger partial charge is 0.323 e. The number of nitrogens with zero attached hydrogens (tertiary/aromatic N) is 4. The number of likely N-dealkylation sites (N-methyl/N-ethyl adjacent to an activating group) is 1. The summed E-state index contributed by atoms with van der Waals surface area (Å²) >= 11 is 0. The van der Waals surface area contributed by atoms with Gasteiger partial charge in [-0.3, -0.25) is 14.6 Å². The maximum atomic E-state index is 13.9. The molecule has 1 fully saturated rings. The van der Waals surface area contributed by atoms with Gasteiger partial charge < -0.3 is 39.6 Å². The fourth-order valence-electron chi connectivity index (χ4n) is 6.96. The van der Waals surface area contributed by atoms with Crippen LogP contribution in [0.5, 0.6) is 17.2 Å². The van der Waals surface area contributed by atoms with Crippen molar-refractivity contribution in [2.45, 2.75) is 32.5 Å². The van der Waals surface area contributed by atoms with E-state index < -0.39 is 19.5 Å². The summed E-state index contributed by atoms with van der Waals surface area (Å²) in [5, 5.41) is 11.3. The summed E-state index contributed by atoms with van der Waals surface area (Å²) in [6.45, 7) is 14.5. The molecule has 312 valence electrons. The molecule has 4 aromatic carbocycles. The van der Waals surface area contributed by atoms with Gasteiger partial charge in [-0.15, -0.1) is 0 Å². The number of aromatic nitrogens is 1. The highest BCUT2D eigenvalue weighted by Crippen LogP contribution is 2.43. The van der Waals surface area contributed by atoms with Gasteiger partial charge in [-0.25, -0.2) is 9.78 Å². The van der Waals surface area contributed by atoms with Crippen LogP contribution in [0.2, 0.25) is 0 Å². The molecule has 3 N–H and O–H groups in total. The molecule has 1 unspecified atom stereocenters. The van der Waals surface area contributed by atoms with Gasteiger partial charge >= 0.3 is 6.03 Å². The van der Waals surface area contributed by atoms with Crippen molar-refractivity contribution in [2.75, 3.05) is 89.8 Å². The van der Waals surface area contributed by atoms with E-state index in [0.717, 1.165) is 42.5 Å². The molecule has 13 nitrogen and oxygen atoms in total. The minimum absolute atomic E-state index is 0.157. The highest BCUT2D eigenvalue weighted by atomic mass is 31.2. The molecule has 14 heteroatoms. The third-order valence-electron chi connectivity index (χ3n) is 10.4. The number of fused-ring (bicyclic) bond motifs is 1. The fraction of sp³-hybridized carbons (Fsp3) is 0.356. The van der Waals surface area contributed by atoms with Crippen LogP contribution in [0, 0.1) is 0 Å². The Morgan fingerprint density at radius 3 is 2.20 bits per heavy atom. The van der Waals surface area contributed by atoms with Crippen LogP contribution in [0.1, 0.15) is 36.7 Å². The maximum absolute atomic E-state index is 13.9. The largest absolute Gasteiger partial charge is 0.494 e. The van der Waals surface area contributed by atoms with Gasteiger partial charge in [0.25, 0.3) is 5.91 Å². The number of anilines is 3. The van der Waals surface area contributed by atoms with Gasteiger partial charge in [0.2, 0.25) is 6.35 Å². The average molecular weight is 822 g/mol. The van der Waals surface area contributed by atoms with Crippen molar-refractivity contribution in [3.63, 3.8) is 0 Å². The summed E-state index contributed by atoms with van der Waals surface area (Å²) in [4.78, 5) is 38.4. The number of urea groups is 1. The number of ether oxygens (including phenoxy) is 3. The molecule has 59 heavy (non-hydrogen) atoms. The Morgan fingerprint density at radius 1 is 0.864 bits per heavy atom. The predicted molar refractivity (Wildman–Crippen MR) is 238 cm³/mol.